The molecule has 2 aliphatic heterocycles. The third kappa shape index (κ3) is 8.81. The van der Waals surface area contributed by atoms with E-state index in [1.54, 1.807) is 26.2 Å². The van der Waals surface area contributed by atoms with Gasteiger partial charge in [0.05, 0.1) is 32.1 Å². The standard InChI is InChI=1S/C35H34N4O10S.Na.H/c1-23-17-29(37-20-30(23)39(35(37)42)49-50(43,44)45)34(41)36-19-27-18-31(40)32(47-22-24-13-15-28(46-2)16-14-24)21-38(27)48-33(25-9-5-3-6-10-25)26-11-7-4-8-12-26;;/h3-18,21,29-30,33H,19-20,22H2,1-2H3,(H,36,41)(H,43,44,45);;. The first kappa shape index (κ1) is 37.6. The van der Waals surface area contributed by atoms with Crippen molar-refractivity contribution >= 4 is 51.9 Å². The van der Waals surface area contributed by atoms with Gasteiger partial charge >= 0.3 is 46.0 Å². The Kier molecular flexibility index (Phi) is 11.9. The maximum atomic E-state index is 13.5. The molecule has 0 radical (unpaired) electrons. The summed E-state index contributed by atoms with van der Waals surface area (Å²) in [4.78, 5) is 47.6. The van der Waals surface area contributed by atoms with Gasteiger partial charge < -0.3 is 24.5 Å². The summed E-state index contributed by atoms with van der Waals surface area (Å²) in [6.07, 6.45) is 2.31. The van der Waals surface area contributed by atoms with Crippen molar-refractivity contribution in [3.05, 3.63) is 141 Å². The molecule has 3 heterocycles. The van der Waals surface area contributed by atoms with Crippen LogP contribution in [-0.2, 0) is 32.6 Å². The predicted molar refractivity (Wildman–Crippen MR) is 186 cm³/mol. The topological polar surface area (TPSA) is 166 Å². The van der Waals surface area contributed by atoms with Gasteiger partial charge in [-0.05, 0) is 41.3 Å². The second-order valence-electron chi connectivity index (χ2n) is 11.6. The number of rotatable bonds is 13. The van der Waals surface area contributed by atoms with Crippen molar-refractivity contribution in [3.8, 4) is 11.5 Å². The van der Waals surface area contributed by atoms with E-state index in [0.29, 0.717) is 16.4 Å². The molecule has 1 fully saturated rings. The van der Waals surface area contributed by atoms with E-state index in [1.165, 1.54) is 23.1 Å². The molecule has 14 nitrogen and oxygen atoms in total. The van der Waals surface area contributed by atoms with Gasteiger partial charge in [0.2, 0.25) is 11.3 Å². The molecule has 3 amide bonds. The number of nitrogens with one attached hydrogen (secondary N) is 1. The van der Waals surface area contributed by atoms with E-state index in [-0.39, 0.29) is 60.7 Å². The van der Waals surface area contributed by atoms with Gasteiger partial charge in [0, 0.05) is 6.07 Å². The average molecular weight is 727 g/mol. The molecular formula is C35H35N4NaO10S. The summed E-state index contributed by atoms with van der Waals surface area (Å²) in [5.74, 6) is 0.0842. The third-order valence-corrected chi connectivity index (χ3v) is 8.64. The van der Waals surface area contributed by atoms with Crippen molar-refractivity contribution in [1.29, 1.82) is 0 Å². The van der Waals surface area contributed by atoms with E-state index in [0.717, 1.165) is 21.6 Å². The molecular weight excluding hydrogens is 691 g/mol. The summed E-state index contributed by atoms with van der Waals surface area (Å²) in [7, 11) is -3.41. The quantitative estimate of drug-likeness (QED) is 0.119. The molecule has 0 saturated carbocycles. The van der Waals surface area contributed by atoms with Crippen LogP contribution in [-0.4, -0.2) is 94.9 Å². The Morgan fingerprint density at radius 3 is 2.20 bits per heavy atom. The summed E-state index contributed by atoms with van der Waals surface area (Å²) in [5.41, 5.74) is 2.76. The molecule has 1 aromatic heterocycles. The van der Waals surface area contributed by atoms with E-state index in [2.05, 4.69) is 9.60 Å². The Hall–Kier alpha value is -4.64. The Morgan fingerprint density at radius 1 is 0.980 bits per heavy atom. The number of carbonyl (C=O) groups excluding carboxylic acids is 2. The van der Waals surface area contributed by atoms with Crippen LogP contribution in [0.2, 0.25) is 0 Å². The monoisotopic (exact) mass is 726 g/mol. The SMILES string of the molecule is COc1ccc(COc2cn(OC(c3ccccc3)c3ccccc3)c(CNC(=O)C3C=C(C)C4CN3C(=O)N4OS(=O)(=O)O)cc2=O)cc1.[NaH]. The second-order valence-corrected chi connectivity index (χ2v) is 12.6. The normalized spacial score (nSPS) is 16.7. The zero-order valence-corrected chi connectivity index (χ0v) is 27.9. The van der Waals surface area contributed by atoms with E-state index >= 15 is 0 Å². The van der Waals surface area contributed by atoms with Crippen LogP contribution in [0.25, 0.3) is 0 Å². The van der Waals surface area contributed by atoms with Gasteiger partial charge in [-0.25, -0.2) is 4.79 Å². The Morgan fingerprint density at radius 2 is 1.61 bits per heavy atom. The predicted octanol–water partition coefficient (Wildman–Crippen LogP) is 2.79. The van der Waals surface area contributed by atoms with Gasteiger partial charge in [0.1, 0.15) is 24.4 Å². The van der Waals surface area contributed by atoms with E-state index < -0.39 is 46.0 Å². The molecule has 2 unspecified atom stereocenters. The molecule has 1 saturated heterocycles. The Labute approximate surface area is 316 Å². The number of benzene rings is 3. The van der Waals surface area contributed by atoms with Crippen molar-refractivity contribution in [1.82, 2.24) is 20.0 Å². The Balaban J connectivity index is 0.00000504. The molecule has 2 atom stereocenters. The van der Waals surface area contributed by atoms with E-state index in [9.17, 15) is 22.8 Å². The molecule has 0 aliphatic carbocycles. The summed E-state index contributed by atoms with van der Waals surface area (Å²) in [6, 6.07) is 24.6. The number of urea groups is 1. The van der Waals surface area contributed by atoms with Crippen molar-refractivity contribution in [3.63, 3.8) is 0 Å². The fourth-order valence-electron chi connectivity index (χ4n) is 5.74. The summed E-state index contributed by atoms with van der Waals surface area (Å²) < 4.78 is 48.9. The fourth-order valence-corrected chi connectivity index (χ4v) is 6.11. The summed E-state index contributed by atoms with van der Waals surface area (Å²) in [6.45, 7) is 1.47. The fraction of sp³-hybridized carbons (Fsp3) is 0.229. The van der Waals surface area contributed by atoms with E-state index in [4.69, 9.17) is 18.9 Å². The van der Waals surface area contributed by atoms with Crippen LogP contribution in [0.5, 0.6) is 11.5 Å². The van der Waals surface area contributed by atoms with E-state index in [1.807, 2.05) is 72.8 Å². The zero-order valence-electron chi connectivity index (χ0n) is 27.0. The minimum absolute atomic E-state index is 0. The summed E-state index contributed by atoms with van der Waals surface area (Å²) >= 11 is 0. The van der Waals surface area contributed by atoms with Crippen molar-refractivity contribution in [2.45, 2.75) is 38.3 Å². The maximum absolute atomic E-state index is 13.5. The molecule has 4 aromatic rings. The number of methoxy groups -OCH3 is 1. The van der Waals surface area contributed by atoms with Crippen LogP contribution in [0, 0.1) is 0 Å². The van der Waals surface area contributed by atoms with Crippen LogP contribution in [0.3, 0.4) is 0 Å². The number of nitrogens with zero attached hydrogens (tertiary/aromatic N) is 3. The molecule has 0 spiro atoms. The Bertz CT molecular complexity index is 2020. The van der Waals surface area contributed by atoms with Gasteiger partial charge in [-0.1, -0.05) is 78.9 Å². The number of hydrogen-bond donors (Lipinski definition) is 2. The second kappa shape index (κ2) is 16.1. The van der Waals surface area contributed by atoms with Crippen molar-refractivity contribution in [2.24, 2.45) is 0 Å². The molecule has 3 aromatic carbocycles. The van der Waals surface area contributed by atoms with Gasteiger partial charge in [0.15, 0.2) is 11.9 Å². The molecule has 262 valence electrons. The van der Waals surface area contributed by atoms with Crippen molar-refractivity contribution in [2.75, 3.05) is 13.7 Å². The van der Waals surface area contributed by atoms with Crippen LogP contribution in [0.15, 0.2) is 114 Å². The number of hydrogen-bond acceptors (Lipinski definition) is 9. The third-order valence-electron chi connectivity index (χ3n) is 8.29. The molecule has 2 aliphatic rings. The zero-order chi connectivity index (χ0) is 35.4. The number of aromatic nitrogens is 1. The number of hydroxylamine groups is 2. The first-order valence-electron chi connectivity index (χ1n) is 15.5. The van der Waals surface area contributed by atoms with Crippen LogP contribution < -0.4 is 25.1 Å². The molecule has 2 N–H and O–H groups in total. The first-order valence-corrected chi connectivity index (χ1v) is 16.9. The average Bonchev–Trinajstić information content (AvgIpc) is 3.38. The van der Waals surface area contributed by atoms with Gasteiger partial charge in [0.25, 0.3) is 0 Å². The number of ether oxygens (including phenoxy) is 2. The first-order chi connectivity index (χ1) is 24.0. The summed E-state index contributed by atoms with van der Waals surface area (Å²) in [5, 5.41) is 3.29. The van der Waals surface area contributed by atoms with Crippen LogP contribution in [0.4, 0.5) is 4.79 Å². The minimum atomic E-state index is -4.98. The number of pyridine rings is 1. The van der Waals surface area contributed by atoms with Gasteiger partial charge in [-0.15, -0.1) is 4.28 Å². The van der Waals surface area contributed by atoms with Gasteiger partial charge in [-0.3, -0.25) is 14.1 Å². The molecule has 6 rings (SSSR count). The number of amides is 3. The molecule has 51 heavy (non-hydrogen) atoms. The number of carbonyl (C=O) groups is 2. The molecule has 2 bridgehead atoms. The number of fused-ring (bicyclic) bond motifs is 2. The van der Waals surface area contributed by atoms with Gasteiger partial charge in [-0.2, -0.15) is 18.2 Å². The van der Waals surface area contributed by atoms with Crippen molar-refractivity contribution < 1.29 is 41.2 Å². The van der Waals surface area contributed by atoms with Crippen LogP contribution in [0.1, 0.15) is 35.4 Å². The molecule has 16 heteroatoms. The van der Waals surface area contributed by atoms with Crippen LogP contribution >= 0.6 is 0 Å².